The van der Waals surface area contributed by atoms with Gasteiger partial charge in [0.05, 0.1) is 0 Å². The lowest BCUT2D eigenvalue weighted by molar-refractivity contribution is 0.589. The van der Waals surface area contributed by atoms with E-state index in [4.69, 9.17) is 5.26 Å². The fourth-order valence-electron chi connectivity index (χ4n) is 1.34. The van der Waals surface area contributed by atoms with Crippen molar-refractivity contribution < 1.29 is 0 Å². The van der Waals surface area contributed by atoms with E-state index in [9.17, 15) is 0 Å². The van der Waals surface area contributed by atoms with Crippen molar-refractivity contribution >= 4 is 0 Å². The number of benzene rings is 1. The van der Waals surface area contributed by atoms with Gasteiger partial charge in [-0.1, -0.05) is 44.9 Å². The average molecular weight is 183 g/mol. The topological polar surface area (TPSA) is 23.8 Å². The van der Waals surface area contributed by atoms with Gasteiger partial charge in [0.1, 0.15) is 0 Å². The number of nitrogens with zero attached hydrogens (tertiary/aromatic N) is 1. The molecule has 1 rings (SSSR count). The van der Waals surface area contributed by atoms with Gasteiger partial charge in [-0.25, -0.2) is 0 Å². The van der Waals surface area contributed by atoms with Crippen LogP contribution in [0.25, 0.3) is 0 Å². The van der Waals surface area contributed by atoms with E-state index in [2.05, 4.69) is 38.7 Å². The van der Waals surface area contributed by atoms with E-state index >= 15 is 0 Å². The van der Waals surface area contributed by atoms with Gasteiger partial charge in [-0.05, 0) is 17.0 Å². The zero-order valence-electron chi connectivity index (χ0n) is 8.76. The third kappa shape index (κ3) is 2.38. The molecule has 0 saturated heterocycles. The molecule has 14 heavy (non-hydrogen) atoms. The summed E-state index contributed by atoms with van der Waals surface area (Å²) in [4.78, 5) is 0. The number of nitriles is 1. The standard InChI is InChI=1S/C13H13N/c1-13(2,3)12-9-5-4-7-11(12)8-6-10-14/h4-5,7,9H,1-3H3. The van der Waals surface area contributed by atoms with Gasteiger partial charge >= 0.3 is 0 Å². The molecule has 0 radical (unpaired) electrons. The molecule has 0 saturated carbocycles. The Kier molecular flexibility index (Phi) is 2.95. The lowest BCUT2D eigenvalue weighted by Crippen LogP contribution is -2.12. The van der Waals surface area contributed by atoms with Crippen LogP contribution in [0, 0.1) is 23.2 Å². The monoisotopic (exact) mass is 183 g/mol. The van der Waals surface area contributed by atoms with E-state index in [0.717, 1.165) is 5.56 Å². The molecule has 0 fully saturated rings. The molecule has 1 nitrogen and oxygen atoms in total. The summed E-state index contributed by atoms with van der Waals surface area (Å²) in [7, 11) is 0. The Morgan fingerprint density at radius 2 is 1.79 bits per heavy atom. The van der Waals surface area contributed by atoms with Crippen LogP contribution in [0.15, 0.2) is 24.3 Å². The Labute approximate surface area is 85.4 Å². The van der Waals surface area contributed by atoms with E-state index in [1.807, 2.05) is 24.3 Å². The van der Waals surface area contributed by atoms with E-state index in [-0.39, 0.29) is 5.41 Å². The van der Waals surface area contributed by atoms with Crippen LogP contribution in [0.2, 0.25) is 0 Å². The van der Waals surface area contributed by atoms with E-state index in [1.54, 1.807) is 0 Å². The Hall–Kier alpha value is -1.73. The molecule has 1 aromatic rings. The lowest BCUT2D eigenvalue weighted by Gasteiger charge is -2.20. The summed E-state index contributed by atoms with van der Waals surface area (Å²) in [6, 6.07) is 9.78. The third-order valence-corrected chi connectivity index (χ3v) is 1.99. The molecule has 0 aliphatic heterocycles. The maximum absolute atomic E-state index is 8.40. The van der Waals surface area contributed by atoms with E-state index in [1.165, 1.54) is 5.56 Å². The van der Waals surface area contributed by atoms with Crippen LogP contribution in [0.3, 0.4) is 0 Å². The smallest absolute Gasteiger partial charge is 0.152 e. The van der Waals surface area contributed by atoms with E-state index < -0.39 is 0 Å². The molecule has 0 aromatic heterocycles. The van der Waals surface area contributed by atoms with Crippen LogP contribution in [0.5, 0.6) is 0 Å². The minimum atomic E-state index is 0.0702. The van der Waals surface area contributed by atoms with Crippen molar-refractivity contribution in [2.24, 2.45) is 0 Å². The summed E-state index contributed by atoms with van der Waals surface area (Å²) in [5.74, 6) is 5.29. The van der Waals surface area contributed by atoms with Crippen molar-refractivity contribution in [2.45, 2.75) is 26.2 Å². The molecule has 0 aliphatic carbocycles. The van der Waals surface area contributed by atoms with Gasteiger partial charge in [0, 0.05) is 11.5 Å². The predicted molar refractivity (Wildman–Crippen MR) is 57.6 cm³/mol. The van der Waals surface area contributed by atoms with Gasteiger partial charge in [-0.15, -0.1) is 0 Å². The van der Waals surface area contributed by atoms with Gasteiger partial charge in [0.2, 0.25) is 0 Å². The maximum Gasteiger partial charge on any atom is 0.152 e. The summed E-state index contributed by atoms with van der Waals surface area (Å²) < 4.78 is 0. The molecule has 0 aliphatic rings. The van der Waals surface area contributed by atoms with E-state index in [0.29, 0.717) is 0 Å². The number of hydrogen-bond donors (Lipinski definition) is 0. The van der Waals surface area contributed by atoms with Crippen LogP contribution < -0.4 is 0 Å². The molecule has 1 aromatic carbocycles. The molecule has 1 heteroatoms. The van der Waals surface area contributed by atoms with Gasteiger partial charge in [-0.2, -0.15) is 5.26 Å². The van der Waals surface area contributed by atoms with Crippen molar-refractivity contribution in [1.29, 1.82) is 5.26 Å². The minimum absolute atomic E-state index is 0.0702. The molecule has 0 spiro atoms. The van der Waals surface area contributed by atoms with Crippen molar-refractivity contribution in [2.75, 3.05) is 0 Å². The van der Waals surface area contributed by atoms with Crippen LogP contribution in [-0.4, -0.2) is 0 Å². The highest BCUT2D eigenvalue weighted by molar-refractivity contribution is 5.46. The van der Waals surface area contributed by atoms with Crippen molar-refractivity contribution in [3.8, 4) is 17.9 Å². The molecular formula is C13H13N. The quantitative estimate of drug-likeness (QED) is 0.567. The van der Waals surface area contributed by atoms with Gasteiger partial charge < -0.3 is 0 Å². The molecule has 0 atom stereocenters. The molecule has 0 N–H and O–H groups in total. The van der Waals surface area contributed by atoms with Crippen LogP contribution in [0.4, 0.5) is 0 Å². The second-order valence-corrected chi connectivity index (χ2v) is 4.16. The Bertz CT molecular complexity index is 419. The highest BCUT2D eigenvalue weighted by atomic mass is 14.2. The van der Waals surface area contributed by atoms with Crippen LogP contribution in [-0.2, 0) is 5.41 Å². The summed E-state index contributed by atoms with van der Waals surface area (Å²) in [6.07, 6.45) is 0. The second-order valence-electron chi connectivity index (χ2n) is 4.16. The van der Waals surface area contributed by atoms with Crippen LogP contribution in [0.1, 0.15) is 31.9 Å². The summed E-state index contributed by atoms with van der Waals surface area (Å²) in [5, 5.41) is 8.40. The van der Waals surface area contributed by atoms with Crippen molar-refractivity contribution in [1.82, 2.24) is 0 Å². The van der Waals surface area contributed by atoms with Crippen molar-refractivity contribution in [3.63, 3.8) is 0 Å². The maximum atomic E-state index is 8.40. The fourth-order valence-corrected chi connectivity index (χ4v) is 1.34. The summed E-state index contributed by atoms with van der Waals surface area (Å²) in [6.45, 7) is 6.42. The Balaban J connectivity index is 3.25. The van der Waals surface area contributed by atoms with Crippen LogP contribution >= 0.6 is 0 Å². The Morgan fingerprint density at radius 1 is 1.14 bits per heavy atom. The first-order valence-electron chi connectivity index (χ1n) is 4.55. The van der Waals surface area contributed by atoms with Crippen molar-refractivity contribution in [3.05, 3.63) is 35.4 Å². The largest absolute Gasteiger partial charge is 0.183 e. The Morgan fingerprint density at radius 3 is 2.36 bits per heavy atom. The predicted octanol–water partition coefficient (Wildman–Crippen LogP) is 2.86. The fraction of sp³-hybridized carbons (Fsp3) is 0.308. The second kappa shape index (κ2) is 3.99. The minimum Gasteiger partial charge on any atom is -0.183 e. The highest BCUT2D eigenvalue weighted by Gasteiger charge is 2.15. The zero-order valence-corrected chi connectivity index (χ0v) is 8.76. The van der Waals surface area contributed by atoms with Gasteiger partial charge in [-0.3, -0.25) is 0 Å². The normalized spacial score (nSPS) is 9.86. The first-order valence-corrected chi connectivity index (χ1v) is 4.55. The molecule has 0 heterocycles. The number of rotatable bonds is 0. The summed E-state index contributed by atoms with van der Waals surface area (Å²) in [5.41, 5.74) is 2.20. The lowest BCUT2D eigenvalue weighted by atomic mass is 9.84. The molecular weight excluding hydrogens is 170 g/mol. The summed E-state index contributed by atoms with van der Waals surface area (Å²) >= 11 is 0. The molecule has 0 amide bonds. The first kappa shape index (κ1) is 10.4. The first-order chi connectivity index (χ1) is 6.55. The third-order valence-electron chi connectivity index (χ3n) is 1.99. The average Bonchev–Trinajstić information content (AvgIpc) is 2.14. The van der Waals surface area contributed by atoms with Gasteiger partial charge in [0.25, 0.3) is 0 Å². The number of hydrogen-bond acceptors (Lipinski definition) is 1. The zero-order chi connectivity index (χ0) is 10.6. The molecule has 0 unspecified atom stereocenters. The molecule has 70 valence electrons. The SMILES string of the molecule is CC(C)(C)c1ccccc1C#CC#N. The van der Waals surface area contributed by atoms with Gasteiger partial charge in [0.15, 0.2) is 6.07 Å². The molecule has 0 bridgehead atoms. The highest BCUT2D eigenvalue weighted by Crippen LogP contribution is 2.24.